The number of furan rings is 1. The van der Waals surface area contributed by atoms with Crippen molar-refractivity contribution in [3.63, 3.8) is 0 Å². The van der Waals surface area contributed by atoms with Crippen molar-refractivity contribution in [1.29, 1.82) is 0 Å². The van der Waals surface area contributed by atoms with Gasteiger partial charge in [-0.2, -0.15) is 0 Å². The highest BCUT2D eigenvalue weighted by atomic mass is 16.5. The monoisotopic (exact) mass is 659 g/mol. The molecule has 10 rings (SSSR count). The van der Waals surface area contributed by atoms with Crippen molar-refractivity contribution in [2.45, 2.75) is 19.1 Å². The maximum atomic E-state index is 6.94. The second kappa shape index (κ2) is 11.7. The molecule has 0 spiro atoms. The van der Waals surface area contributed by atoms with Crippen molar-refractivity contribution in [2.24, 2.45) is 11.3 Å². The highest BCUT2D eigenvalue weighted by molar-refractivity contribution is 6.11. The molecule has 5 aromatic carbocycles. The lowest BCUT2D eigenvalue weighted by Crippen LogP contribution is -2.35. The van der Waals surface area contributed by atoms with E-state index in [0.717, 1.165) is 55.3 Å². The number of fused-ring (bicyclic) bond motifs is 6. The smallest absolute Gasteiger partial charge is 0.164 e. The normalized spacial score (nSPS) is 22.1. The van der Waals surface area contributed by atoms with Crippen LogP contribution in [0.5, 0.6) is 0 Å². The highest BCUT2D eigenvalue weighted by Gasteiger charge is 2.55. The number of nitrogens with zero attached hydrogens (tertiary/aromatic N) is 3. The minimum atomic E-state index is -0.301. The predicted octanol–water partition coefficient (Wildman–Crippen LogP) is 10.8. The van der Waals surface area contributed by atoms with Gasteiger partial charge in [0, 0.05) is 38.8 Å². The van der Waals surface area contributed by atoms with Crippen LogP contribution in [-0.4, -0.2) is 27.2 Å². The Labute approximate surface area is 296 Å². The number of hydrogen-bond acceptors (Lipinski definition) is 5. The summed E-state index contributed by atoms with van der Waals surface area (Å²) in [5.41, 5.74) is 8.83. The van der Waals surface area contributed by atoms with Crippen molar-refractivity contribution in [3.05, 3.63) is 175 Å². The molecule has 3 unspecified atom stereocenters. The van der Waals surface area contributed by atoms with Gasteiger partial charge in [-0.25, -0.2) is 15.0 Å². The van der Waals surface area contributed by atoms with E-state index in [2.05, 4.69) is 134 Å². The van der Waals surface area contributed by atoms with E-state index < -0.39 is 0 Å². The van der Waals surface area contributed by atoms with Crippen molar-refractivity contribution < 1.29 is 9.15 Å². The first kappa shape index (κ1) is 29.7. The summed E-state index contributed by atoms with van der Waals surface area (Å²) in [5, 5.41) is 2.03. The zero-order chi connectivity index (χ0) is 33.9. The van der Waals surface area contributed by atoms with Gasteiger partial charge in [0.25, 0.3) is 0 Å². The maximum Gasteiger partial charge on any atom is 0.164 e. The first-order valence-corrected chi connectivity index (χ1v) is 17.5. The first-order chi connectivity index (χ1) is 25.1. The summed E-state index contributed by atoms with van der Waals surface area (Å²) in [6.45, 7) is 2.30. The van der Waals surface area contributed by atoms with Crippen molar-refractivity contribution in [2.75, 3.05) is 0 Å². The Balaban J connectivity index is 1.19. The van der Waals surface area contributed by atoms with E-state index >= 15 is 0 Å². The van der Waals surface area contributed by atoms with Crippen LogP contribution in [-0.2, 0) is 4.74 Å². The van der Waals surface area contributed by atoms with Crippen LogP contribution >= 0.6 is 0 Å². The van der Waals surface area contributed by atoms with Crippen molar-refractivity contribution in [3.8, 4) is 33.9 Å². The van der Waals surface area contributed by atoms with E-state index in [9.17, 15) is 0 Å². The largest absolute Gasteiger partial charge is 0.456 e. The third-order valence-corrected chi connectivity index (χ3v) is 10.7. The third kappa shape index (κ3) is 4.84. The summed E-state index contributed by atoms with van der Waals surface area (Å²) >= 11 is 0. The topological polar surface area (TPSA) is 61.0 Å². The molecule has 0 N–H and O–H groups in total. The molecule has 1 saturated heterocycles. The van der Waals surface area contributed by atoms with Crippen LogP contribution in [0, 0.1) is 11.3 Å². The van der Waals surface area contributed by atoms with Crippen molar-refractivity contribution >= 4 is 33.1 Å². The molecular formula is C46H33N3O2. The Hall–Kier alpha value is -6.17. The van der Waals surface area contributed by atoms with Gasteiger partial charge in [-0.05, 0) is 34.4 Å². The van der Waals surface area contributed by atoms with Gasteiger partial charge < -0.3 is 9.15 Å². The van der Waals surface area contributed by atoms with E-state index in [-0.39, 0.29) is 23.5 Å². The minimum absolute atomic E-state index is 0.0296. The molecule has 5 nitrogen and oxygen atoms in total. The van der Waals surface area contributed by atoms with Gasteiger partial charge in [0.15, 0.2) is 17.5 Å². The van der Waals surface area contributed by atoms with Crippen LogP contribution in [0.2, 0.25) is 0 Å². The lowest BCUT2D eigenvalue weighted by molar-refractivity contribution is 0.0817. The number of rotatable bonds is 5. The zero-order valence-corrected chi connectivity index (χ0v) is 28.0. The SMILES string of the molecule is CC12C=CC=C[C@@H]1OC1C(c3ccccc3)=CC=C(c3nc(-c4ccc(-c5ccccc5)cc4)nc(-c4cccc5oc6ccccc6c45)n3)C12. The Kier molecular flexibility index (Phi) is 6.83. The third-order valence-electron chi connectivity index (χ3n) is 10.7. The summed E-state index contributed by atoms with van der Waals surface area (Å²) < 4.78 is 13.2. The lowest BCUT2D eigenvalue weighted by Gasteiger charge is -2.36. The molecule has 1 aliphatic heterocycles. The molecule has 3 aliphatic rings. The molecule has 3 heterocycles. The molecule has 0 saturated carbocycles. The van der Waals surface area contributed by atoms with E-state index in [4.69, 9.17) is 24.1 Å². The molecular weight excluding hydrogens is 627 g/mol. The van der Waals surface area contributed by atoms with Crippen LogP contribution in [0.4, 0.5) is 0 Å². The number of allylic oxidation sites excluding steroid dienone is 4. The molecule has 0 radical (unpaired) electrons. The quantitative estimate of drug-likeness (QED) is 0.184. The van der Waals surface area contributed by atoms with Crippen LogP contribution < -0.4 is 0 Å². The predicted molar refractivity (Wildman–Crippen MR) is 204 cm³/mol. The molecule has 2 aromatic heterocycles. The average molecular weight is 660 g/mol. The number of para-hydroxylation sites is 1. The summed E-state index contributed by atoms with van der Waals surface area (Å²) in [7, 11) is 0. The van der Waals surface area contributed by atoms with E-state index in [1.165, 1.54) is 5.57 Å². The van der Waals surface area contributed by atoms with Crippen LogP contribution in [0.1, 0.15) is 18.3 Å². The summed E-state index contributed by atoms with van der Waals surface area (Å²) in [6.07, 6.45) is 12.9. The summed E-state index contributed by atoms with van der Waals surface area (Å²) in [4.78, 5) is 15.8. The van der Waals surface area contributed by atoms with Gasteiger partial charge in [-0.1, -0.05) is 159 Å². The second-order valence-corrected chi connectivity index (χ2v) is 13.7. The first-order valence-electron chi connectivity index (χ1n) is 17.5. The molecule has 0 bridgehead atoms. The van der Waals surface area contributed by atoms with Crippen LogP contribution in [0.25, 0.3) is 67.0 Å². The van der Waals surface area contributed by atoms with Gasteiger partial charge in [0.1, 0.15) is 11.2 Å². The zero-order valence-electron chi connectivity index (χ0n) is 28.0. The van der Waals surface area contributed by atoms with Gasteiger partial charge >= 0.3 is 0 Å². The lowest BCUT2D eigenvalue weighted by atomic mass is 9.65. The fourth-order valence-corrected chi connectivity index (χ4v) is 8.16. The van der Waals surface area contributed by atoms with E-state index in [1.807, 2.05) is 36.4 Å². The van der Waals surface area contributed by atoms with Gasteiger partial charge in [0.05, 0.1) is 12.2 Å². The highest BCUT2D eigenvalue weighted by Crippen LogP contribution is 2.56. The van der Waals surface area contributed by atoms with E-state index in [1.54, 1.807) is 0 Å². The number of benzene rings is 5. The molecule has 5 heteroatoms. The Morgan fingerprint density at radius 1 is 0.549 bits per heavy atom. The Morgan fingerprint density at radius 2 is 1.20 bits per heavy atom. The molecule has 1 fully saturated rings. The standard InChI is InChI=1S/C46H33N3O2/c1-46-28-11-10-21-39(46)51-42-33(31-15-6-3-7-16-31)26-27-36(41(42)46)45-48-43(32-24-22-30(23-25-32)29-13-4-2-5-14-29)47-44(49-45)35-18-12-20-38-40(35)34-17-8-9-19-37(34)50-38/h2-28,39,41-42H,1H3/t39-,41?,42?,46?/m0/s1. The maximum absolute atomic E-state index is 6.94. The van der Waals surface area contributed by atoms with Crippen LogP contribution in [0.3, 0.4) is 0 Å². The van der Waals surface area contributed by atoms with Crippen molar-refractivity contribution in [1.82, 2.24) is 15.0 Å². The molecule has 4 atom stereocenters. The van der Waals surface area contributed by atoms with E-state index in [0.29, 0.717) is 17.5 Å². The summed E-state index contributed by atoms with van der Waals surface area (Å²) in [6, 6.07) is 43.7. The second-order valence-electron chi connectivity index (χ2n) is 13.7. The molecule has 244 valence electrons. The van der Waals surface area contributed by atoms with Gasteiger partial charge in [-0.3, -0.25) is 0 Å². The fourth-order valence-electron chi connectivity index (χ4n) is 8.16. The Morgan fingerprint density at radius 3 is 2.02 bits per heavy atom. The van der Waals surface area contributed by atoms with Gasteiger partial charge in [0.2, 0.25) is 0 Å². The number of aromatic nitrogens is 3. The number of hydrogen-bond donors (Lipinski definition) is 0. The fraction of sp³-hybridized carbons (Fsp3) is 0.109. The van der Waals surface area contributed by atoms with Crippen LogP contribution in [0.15, 0.2) is 168 Å². The number of ether oxygens (including phenoxy) is 1. The molecule has 7 aromatic rings. The Bertz CT molecular complexity index is 2580. The molecule has 0 amide bonds. The molecule has 51 heavy (non-hydrogen) atoms. The molecule has 2 aliphatic carbocycles. The minimum Gasteiger partial charge on any atom is -0.456 e. The van der Waals surface area contributed by atoms with Gasteiger partial charge in [-0.15, -0.1) is 0 Å². The average Bonchev–Trinajstić information content (AvgIpc) is 3.73. The summed E-state index contributed by atoms with van der Waals surface area (Å²) in [5.74, 6) is 1.85.